The third-order valence-electron chi connectivity index (χ3n) is 10.9. The number of fused-ring (bicyclic) bond motifs is 12. The van der Waals surface area contributed by atoms with Crippen molar-refractivity contribution in [3.8, 4) is 22.5 Å². The van der Waals surface area contributed by atoms with Crippen LogP contribution in [0.4, 0.5) is 0 Å². The third kappa shape index (κ3) is 3.70. The van der Waals surface area contributed by atoms with Gasteiger partial charge in [0.2, 0.25) is 0 Å². The normalized spacial score (nSPS) is 12.2. The fraction of sp³-hybridized carbons (Fsp3) is 0. The molecular weight excluding hydrogens is 637 g/mol. The number of para-hydroxylation sites is 6. The van der Waals surface area contributed by atoms with Crippen LogP contribution in [0, 0.1) is 0 Å². The zero-order valence-corrected chi connectivity index (χ0v) is 27.9. The van der Waals surface area contributed by atoms with Crippen molar-refractivity contribution in [1.29, 1.82) is 0 Å². The molecule has 0 saturated carbocycles. The highest BCUT2D eigenvalue weighted by molar-refractivity contribution is 6.15. The lowest BCUT2D eigenvalue weighted by atomic mass is 10.0. The summed E-state index contributed by atoms with van der Waals surface area (Å²) < 4.78 is 17.7. The summed E-state index contributed by atoms with van der Waals surface area (Å²) in [5.41, 5.74) is 12.6. The Balaban J connectivity index is 1.07. The van der Waals surface area contributed by atoms with Gasteiger partial charge in [-0.15, -0.1) is 0 Å². The maximum atomic E-state index is 6.52. The first kappa shape index (κ1) is 27.7. The van der Waals surface area contributed by atoms with E-state index in [0.717, 1.165) is 77.3 Å². The second-order valence-corrected chi connectivity index (χ2v) is 13.7. The fourth-order valence-electron chi connectivity index (χ4n) is 8.64. The van der Waals surface area contributed by atoms with Gasteiger partial charge in [0.15, 0.2) is 11.2 Å². The summed E-state index contributed by atoms with van der Waals surface area (Å²) in [5, 5.41) is 9.36. The number of aromatic nitrogens is 2. The van der Waals surface area contributed by atoms with Crippen molar-refractivity contribution < 1.29 is 8.83 Å². The molecule has 0 N–H and O–H groups in total. The third-order valence-corrected chi connectivity index (χ3v) is 10.9. The van der Waals surface area contributed by atoms with Crippen LogP contribution in [0.15, 0.2) is 179 Å². The Morgan fingerprint density at radius 3 is 1.15 bits per heavy atom. The van der Waals surface area contributed by atoms with E-state index in [1.54, 1.807) is 0 Å². The highest BCUT2D eigenvalue weighted by Gasteiger charge is 2.20. The minimum absolute atomic E-state index is 0.899. The molecule has 4 heteroatoms. The van der Waals surface area contributed by atoms with Crippen LogP contribution in [0.5, 0.6) is 0 Å². The van der Waals surface area contributed by atoms with Crippen molar-refractivity contribution in [2.75, 3.05) is 0 Å². The van der Waals surface area contributed by atoms with Gasteiger partial charge in [0.25, 0.3) is 0 Å². The minimum Gasteiger partial charge on any atom is -0.454 e. The van der Waals surface area contributed by atoms with E-state index < -0.39 is 0 Å². The molecule has 8 aromatic carbocycles. The topological polar surface area (TPSA) is 36.1 Å². The molecule has 0 amide bonds. The Morgan fingerprint density at radius 2 is 0.673 bits per heavy atom. The first-order valence-corrected chi connectivity index (χ1v) is 17.7. The molecule has 4 heterocycles. The number of nitrogens with zero attached hydrogens (tertiary/aromatic N) is 2. The lowest BCUT2D eigenvalue weighted by Gasteiger charge is -2.10. The quantitative estimate of drug-likeness (QED) is 0.188. The summed E-state index contributed by atoms with van der Waals surface area (Å²) in [6, 6.07) is 60.6. The molecule has 0 aliphatic heterocycles. The van der Waals surface area contributed by atoms with Crippen LogP contribution >= 0.6 is 0 Å². The van der Waals surface area contributed by atoms with Gasteiger partial charge in [0.05, 0.1) is 33.4 Å². The van der Waals surface area contributed by atoms with Gasteiger partial charge in [-0.3, -0.25) is 0 Å². The molecule has 0 bridgehead atoms. The standard InChI is InChI=1S/C48H28N2O2/c1-5-17-39-31(11-1)37-27-29(23-25-41(37)49(39)43-19-9-15-35-33-13-3-7-21-45(33)51-47(35)43)30-24-26-42-38(28-30)32-12-2-6-18-40(32)50(42)44-20-10-16-36-34-14-4-8-22-46(34)52-48(36)44/h1-28H. The SMILES string of the molecule is c1ccc2c(c1)oc1c(-n3c4ccccc4c4cc(-c5ccc6c(c5)c5ccccc5n6-c5cccc6c5oc5ccccc56)ccc43)cccc12. The number of furan rings is 2. The van der Waals surface area contributed by atoms with Crippen LogP contribution in [-0.2, 0) is 0 Å². The first-order chi connectivity index (χ1) is 25.8. The molecule has 12 rings (SSSR count). The van der Waals surface area contributed by atoms with Gasteiger partial charge in [0, 0.05) is 43.1 Å². The molecule has 12 aromatic rings. The Bertz CT molecular complexity index is 3190. The molecular formula is C48H28N2O2. The van der Waals surface area contributed by atoms with E-state index >= 15 is 0 Å². The number of hydrogen-bond acceptors (Lipinski definition) is 2. The first-order valence-electron chi connectivity index (χ1n) is 17.7. The smallest absolute Gasteiger partial charge is 0.159 e. The van der Waals surface area contributed by atoms with E-state index in [4.69, 9.17) is 8.83 Å². The fourth-order valence-corrected chi connectivity index (χ4v) is 8.64. The van der Waals surface area contributed by atoms with E-state index in [0.29, 0.717) is 0 Å². The number of rotatable bonds is 3. The largest absolute Gasteiger partial charge is 0.454 e. The summed E-state index contributed by atoms with van der Waals surface area (Å²) in [6.07, 6.45) is 0. The van der Waals surface area contributed by atoms with Gasteiger partial charge in [0.1, 0.15) is 11.2 Å². The van der Waals surface area contributed by atoms with E-state index in [9.17, 15) is 0 Å². The Morgan fingerprint density at radius 1 is 0.288 bits per heavy atom. The average molecular weight is 665 g/mol. The van der Waals surface area contributed by atoms with Crippen LogP contribution in [0.2, 0.25) is 0 Å². The van der Waals surface area contributed by atoms with Gasteiger partial charge in [-0.1, -0.05) is 109 Å². The van der Waals surface area contributed by atoms with Crippen LogP contribution in [-0.4, -0.2) is 9.13 Å². The molecule has 0 unspecified atom stereocenters. The summed E-state index contributed by atoms with van der Waals surface area (Å²) in [5.74, 6) is 0. The molecule has 0 radical (unpaired) electrons. The molecule has 52 heavy (non-hydrogen) atoms. The molecule has 0 aliphatic carbocycles. The zero-order chi connectivity index (χ0) is 33.9. The van der Waals surface area contributed by atoms with Gasteiger partial charge in [-0.2, -0.15) is 0 Å². The van der Waals surface area contributed by atoms with Crippen molar-refractivity contribution in [2.45, 2.75) is 0 Å². The van der Waals surface area contributed by atoms with Crippen LogP contribution < -0.4 is 0 Å². The van der Waals surface area contributed by atoms with Crippen molar-refractivity contribution in [3.63, 3.8) is 0 Å². The van der Waals surface area contributed by atoms with E-state index in [-0.39, 0.29) is 0 Å². The molecule has 0 atom stereocenters. The summed E-state index contributed by atoms with van der Waals surface area (Å²) in [6.45, 7) is 0. The van der Waals surface area contributed by atoms with Gasteiger partial charge < -0.3 is 18.0 Å². The molecule has 0 aliphatic rings. The Kier molecular flexibility index (Phi) is 5.47. The second kappa shape index (κ2) is 10.3. The van der Waals surface area contributed by atoms with Crippen molar-refractivity contribution >= 4 is 87.5 Å². The van der Waals surface area contributed by atoms with Crippen LogP contribution in [0.1, 0.15) is 0 Å². The maximum absolute atomic E-state index is 6.52. The Hall–Kier alpha value is -7.04. The van der Waals surface area contributed by atoms with Gasteiger partial charge in [-0.25, -0.2) is 0 Å². The average Bonchev–Trinajstić information content (AvgIpc) is 3.95. The van der Waals surface area contributed by atoms with Crippen LogP contribution in [0.25, 0.3) is 110 Å². The number of benzene rings is 8. The van der Waals surface area contributed by atoms with Crippen LogP contribution in [0.3, 0.4) is 0 Å². The zero-order valence-electron chi connectivity index (χ0n) is 27.9. The number of hydrogen-bond donors (Lipinski definition) is 0. The van der Waals surface area contributed by atoms with E-state index in [1.807, 2.05) is 24.3 Å². The monoisotopic (exact) mass is 664 g/mol. The second-order valence-electron chi connectivity index (χ2n) is 13.7. The molecule has 0 spiro atoms. The summed E-state index contributed by atoms with van der Waals surface area (Å²) in [4.78, 5) is 0. The highest BCUT2D eigenvalue weighted by Crippen LogP contribution is 2.42. The molecule has 4 nitrogen and oxygen atoms in total. The summed E-state index contributed by atoms with van der Waals surface area (Å²) in [7, 11) is 0. The van der Waals surface area contributed by atoms with E-state index in [1.165, 1.54) is 32.7 Å². The Labute approximate surface area is 296 Å². The minimum atomic E-state index is 0.899. The maximum Gasteiger partial charge on any atom is 0.159 e. The molecule has 0 saturated heterocycles. The lowest BCUT2D eigenvalue weighted by molar-refractivity contribution is 0.666. The van der Waals surface area contributed by atoms with Crippen molar-refractivity contribution in [2.24, 2.45) is 0 Å². The van der Waals surface area contributed by atoms with E-state index in [2.05, 4.69) is 155 Å². The molecule has 0 fully saturated rings. The van der Waals surface area contributed by atoms with Gasteiger partial charge >= 0.3 is 0 Å². The highest BCUT2D eigenvalue weighted by atomic mass is 16.3. The van der Waals surface area contributed by atoms with Crippen molar-refractivity contribution in [3.05, 3.63) is 170 Å². The summed E-state index contributed by atoms with van der Waals surface area (Å²) >= 11 is 0. The molecule has 4 aromatic heterocycles. The van der Waals surface area contributed by atoms with Gasteiger partial charge in [-0.05, 0) is 71.8 Å². The van der Waals surface area contributed by atoms with Crippen molar-refractivity contribution in [1.82, 2.24) is 9.13 Å². The lowest BCUT2D eigenvalue weighted by Crippen LogP contribution is -1.94. The molecule has 242 valence electrons. The predicted octanol–water partition coefficient (Wildman–Crippen LogP) is 13.3. The predicted molar refractivity (Wildman–Crippen MR) is 215 cm³/mol.